The SMILES string of the molecule is S=C(NCCCCCNC(=S)Nc1cccc(Cl)c1)Nc1cccc(Cl)c1. The molecule has 0 aliphatic rings. The number of hydrogen-bond donors (Lipinski definition) is 4. The Morgan fingerprint density at radius 1 is 0.704 bits per heavy atom. The average Bonchev–Trinajstić information content (AvgIpc) is 2.61. The van der Waals surface area contributed by atoms with Gasteiger partial charge < -0.3 is 21.3 Å². The quantitative estimate of drug-likeness (QED) is 0.324. The summed E-state index contributed by atoms with van der Waals surface area (Å²) in [6, 6.07) is 14.9. The number of rotatable bonds is 8. The number of hydrogen-bond acceptors (Lipinski definition) is 2. The molecule has 0 aliphatic carbocycles. The van der Waals surface area contributed by atoms with Crippen molar-refractivity contribution in [3.63, 3.8) is 0 Å². The fraction of sp³-hybridized carbons (Fsp3) is 0.263. The maximum atomic E-state index is 5.95. The van der Waals surface area contributed by atoms with Gasteiger partial charge in [0.2, 0.25) is 0 Å². The van der Waals surface area contributed by atoms with E-state index < -0.39 is 0 Å². The van der Waals surface area contributed by atoms with Crippen LogP contribution in [0, 0.1) is 0 Å². The Balaban J connectivity index is 1.50. The summed E-state index contributed by atoms with van der Waals surface area (Å²) >= 11 is 22.4. The number of nitrogens with one attached hydrogen (secondary N) is 4. The van der Waals surface area contributed by atoms with E-state index in [1.807, 2.05) is 48.5 Å². The van der Waals surface area contributed by atoms with Gasteiger partial charge in [-0.25, -0.2) is 0 Å². The predicted molar refractivity (Wildman–Crippen MR) is 125 cm³/mol. The fourth-order valence-electron chi connectivity index (χ4n) is 2.31. The molecule has 0 radical (unpaired) electrons. The molecule has 0 amide bonds. The van der Waals surface area contributed by atoms with Gasteiger partial charge in [0.25, 0.3) is 0 Å². The highest BCUT2D eigenvalue weighted by Crippen LogP contribution is 2.15. The normalized spacial score (nSPS) is 10.1. The summed E-state index contributed by atoms with van der Waals surface area (Å²) < 4.78 is 0. The molecule has 0 atom stereocenters. The molecule has 0 saturated carbocycles. The summed E-state index contributed by atoms with van der Waals surface area (Å²) in [6.07, 6.45) is 3.11. The van der Waals surface area contributed by atoms with Gasteiger partial charge in [-0.1, -0.05) is 35.3 Å². The molecule has 0 unspecified atom stereocenters. The van der Waals surface area contributed by atoms with E-state index in [0.717, 1.165) is 43.7 Å². The highest BCUT2D eigenvalue weighted by Gasteiger charge is 2.00. The second kappa shape index (κ2) is 12.0. The van der Waals surface area contributed by atoms with Crippen molar-refractivity contribution in [1.29, 1.82) is 0 Å². The van der Waals surface area contributed by atoms with Crippen LogP contribution in [-0.2, 0) is 0 Å². The zero-order valence-corrected chi connectivity index (χ0v) is 17.9. The third kappa shape index (κ3) is 9.24. The average molecular weight is 441 g/mol. The Kier molecular flexibility index (Phi) is 9.62. The molecule has 0 aliphatic heterocycles. The second-order valence-electron chi connectivity index (χ2n) is 5.84. The molecule has 0 saturated heterocycles. The highest BCUT2D eigenvalue weighted by molar-refractivity contribution is 7.80. The maximum Gasteiger partial charge on any atom is 0.170 e. The molecule has 27 heavy (non-hydrogen) atoms. The first-order valence-corrected chi connectivity index (χ1v) is 10.2. The lowest BCUT2D eigenvalue weighted by Gasteiger charge is -2.12. The van der Waals surface area contributed by atoms with Crippen molar-refractivity contribution < 1.29 is 0 Å². The zero-order valence-electron chi connectivity index (χ0n) is 14.7. The van der Waals surface area contributed by atoms with Crippen LogP contribution in [0.5, 0.6) is 0 Å². The summed E-state index contributed by atoms with van der Waals surface area (Å²) in [4.78, 5) is 0. The lowest BCUT2D eigenvalue weighted by atomic mass is 10.2. The van der Waals surface area contributed by atoms with E-state index in [4.69, 9.17) is 47.6 Å². The second-order valence-corrected chi connectivity index (χ2v) is 7.53. The van der Waals surface area contributed by atoms with Gasteiger partial charge in [0, 0.05) is 34.5 Å². The monoisotopic (exact) mass is 440 g/mol. The minimum Gasteiger partial charge on any atom is -0.362 e. The van der Waals surface area contributed by atoms with Crippen LogP contribution >= 0.6 is 47.6 Å². The van der Waals surface area contributed by atoms with E-state index in [0.29, 0.717) is 20.3 Å². The highest BCUT2D eigenvalue weighted by atomic mass is 35.5. The van der Waals surface area contributed by atoms with Crippen molar-refractivity contribution in [2.75, 3.05) is 23.7 Å². The number of unbranched alkanes of at least 4 members (excludes halogenated alkanes) is 2. The van der Waals surface area contributed by atoms with Crippen molar-refractivity contribution >= 4 is 69.2 Å². The largest absolute Gasteiger partial charge is 0.362 e. The molecule has 8 heteroatoms. The third-order valence-corrected chi connectivity index (χ3v) is 4.55. The van der Waals surface area contributed by atoms with Gasteiger partial charge in [-0.05, 0) is 80.1 Å². The van der Waals surface area contributed by atoms with Gasteiger partial charge in [0.1, 0.15) is 0 Å². The van der Waals surface area contributed by atoms with Crippen molar-refractivity contribution in [2.24, 2.45) is 0 Å². The van der Waals surface area contributed by atoms with Crippen LogP contribution in [-0.4, -0.2) is 23.3 Å². The number of halogens is 2. The smallest absolute Gasteiger partial charge is 0.170 e. The summed E-state index contributed by atoms with van der Waals surface area (Å²) in [5.74, 6) is 0. The van der Waals surface area contributed by atoms with Crippen LogP contribution in [0.1, 0.15) is 19.3 Å². The lowest BCUT2D eigenvalue weighted by molar-refractivity contribution is 0.655. The lowest BCUT2D eigenvalue weighted by Crippen LogP contribution is -2.30. The van der Waals surface area contributed by atoms with Crippen LogP contribution in [0.4, 0.5) is 11.4 Å². The summed E-state index contributed by atoms with van der Waals surface area (Å²) in [6.45, 7) is 1.63. The molecule has 4 nitrogen and oxygen atoms in total. The molecule has 0 bridgehead atoms. The Hall–Kier alpha value is -1.60. The van der Waals surface area contributed by atoms with E-state index in [-0.39, 0.29) is 0 Å². The Labute approximate surface area is 181 Å². The van der Waals surface area contributed by atoms with Gasteiger partial charge in [0.05, 0.1) is 0 Å². The first-order valence-electron chi connectivity index (χ1n) is 8.64. The molecule has 2 aromatic rings. The summed E-state index contributed by atoms with van der Waals surface area (Å²) in [7, 11) is 0. The zero-order chi connectivity index (χ0) is 19.5. The topological polar surface area (TPSA) is 48.1 Å². The van der Waals surface area contributed by atoms with E-state index in [9.17, 15) is 0 Å². The van der Waals surface area contributed by atoms with Gasteiger partial charge in [-0.15, -0.1) is 0 Å². The molecule has 0 heterocycles. The van der Waals surface area contributed by atoms with Gasteiger partial charge >= 0.3 is 0 Å². The van der Waals surface area contributed by atoms with Gasteiger partial charge in [-0.3, -0.25) is 0 Å². The Bertz CT molecular complexity index is 707. The van der Waals surface area contributed by atoms with Gasteiger partial charge in [-0.2, -0.15) is 0 Å². The van der Waals surface area contributed by atoms with E-state index >= 15 is 0 Å². The molecular weight excluding hydrogens is 419 g/mol. The van der Waals surface area contributed by atoms with Crippen LogP contribution in [0.3, 0.4) is 0 Å². The van der Waals surface area contributed by atoms with Gasteiger partial charge in [0.15, 0.2) is 10.2 Å². The molecule has 0 spiro atoms. The van der Waals surface area contributed by atoms with Crippen molar-refractivity contribution in [3.05, 3.63) is 58.6 Å². The molecule has 4 N–H and O–H groups in total. The van der Waals surface area contributed by atoms with E-state index in [1.165, 1.54) is 0 Å². The third-order valence-electron chi connectivity index (χ3n) is 3.59. The number of benzene rings is 2. The minimum atomic E-state index is 0.599. The Morgan fingerprint density at radius 3 is 1.56 bits per heavy atom. The first kappa shape index (κ1) is 21.7. The van der Waals surface area contributed by atoms with Crippen molar-refractivity contribution in [1.82, 2.24) is 10.6 Å². The molecule has 144 valence electrons. The molecule has 0 fully saturated rings. The Morgan fingerprint density at radius 2 is 1.15 bits per heavy atom. The fourth-order valence-corrected chi connectivity index (χ4v) is 3.13. The summed E-state index contributed by atoms with van der Waals surface area (Å²) in [5, 5.41) is 15.2. The van der Waals surface area contributed by atoms with Crippen LogP contribution < -0.4 is 21.3 Å². The molecular formula is C19H22Cl2N4S2. The van der Waals surface area contributed by atoms with Crippen molar-refractivity contribution in [3.8, 4) is 0 Å². The van der Waals surface area contributed by atoms with E-state index in [2.05, 4.69) is 21.3 Å². The summed E-state index contributed by atoms with van der Waals surface area (Å²) in [5.41, 5.74) is 1.76. The predicted octanol–water partition coefficient (Wildman–Crippen LogP) is 5.44. The standard InChI is InChI=1S/C19H22Cl2N4S2/c20-14-6-4-8-16(12-14)24-18(26)22-10-2-1-3-11-23-19(27)25-17-9-5-7-15(21)13-17/h4-9,12-13H,1-3,10-11H2,(H2,22,24,26)(H2,23,25,27). The van der Waals surface area contributed by atoms with Crippen LogP contribution in [0.15, 0.2) is 48.5 Å². The number of anilines is 2. The molecule has 2 rings (SSSR count). The first-order chi connectivity index (χ1) is 13.0. The molecule has 2 aromatic carbocycles. The maximum absolute atomic E-state index is 5.95. The number of thiocarbonyl (C=S) groups is 2. The minimum absolute atomic E-state index is 0.599. The van der Waals surface area contributed by atoms with Crippen LogP contribution in [0.25, 0.3) is 0 Å². The van der Waals surface area contributed by atoms with E-state index in [1.54, 1.807) is 0 Å². The van der Waals surface area contributed by atoms with Crippen molar-refractivity contribution in [2.45, 2.75) is 19.3 Å². The van der Waals surface area contributed by atoms with Crippen LogP contribution in [0.2, 0.25) is 10.0 Å². The molecule has 0 aromatic heterocycles.